The predicted molar refractivity (Wildman–Crippen MR) is 111 cm³/mol. The van der Waals surface area contributed by atoms with Crippen LogP contribution in [0.25, 0.3) is 22.7 Å². The second-order valence-corrected chi connectivity index (χ2v) is 7.53. The number of anilines is 1. The number of pyridine rings is 2. The maximum atomic E-state index is 14.4. The molecule has 148 valence electrons. The van der Waals surface area contributed by atoms with Crippen LogP contribution in [0, 0.1) is 24.0 Å². The van der Waals surface area contributed by atoms with Gasteiger partial charge in [-0.3, -0.25) is 0 Å². The Bertz CT molecular complexity index is 1380. The first kappa shape index (κ1) is 18.3. The van der Waals surface area contributed by atoms with Gasteiger partial charge in [0.1, 0.15) is 5.65 Å². The zero-order chi connectivity index (χ0) is 20.8. The fourth-order valence-corrected chi connectivity index (χ4v) is 3.89. The summed E-state index contributed by atoms with van der Waals surface area (Å²) < 4.78 is 17.4. The number of halogens is 1. The van der Waals surface area contributed by atoms with E-state index in [-0.39, 0.29) is 18.2 Å². The van der Waals surface area contributed by atoms with Crippen molar-refractivity contribution in [2.45, 2.75) is 19.6 Å². The van der Waals surface area contributed by atoms with Gasteiger partial charge in [0, 0.05) is 43.2 Å². The summed E-state index contributed by atoms with van der Waals surface area (Å²) in [6.07, 6.45) is 6.70. The van der Waals surface area contributed by atoms with Gasteiger partial charge in [-0.05, 0) is 37.8 Å². The molecule has 0 aromatic carbocycles. The van der Waals surface area contributed by atoms with Crippen LogP contribution in [0.5, 0.6) is 0 Å². The molecule has 4 aromatic heterocycles. The molecule has 5 rings (SSSR count). The minimum atomic E-state index is -0.500. The summed E-state index contributed by atoms with van der Waals surface area (Å²) in [4.78, 5) is 27.5. The van der Waals surface area contributed by atoms with Gasteiger partial charge in [-0.15, -0.1) is 0 Å². The molecule has 1 saturated heterocycles. The molecule has 0 aliphatic carbocycles. The van der Waals surface area contributed by atoms with Crippen LogP contribution in [-0.4, -0.2) is 43.6 Å². The van der Waals surface area contributed by atoms with Gasteiger partial charge in [-0.2, -0.15) is 4.98 Å². The molecule has 0 atom stereocenters. The van der Waals surface area contributed by atoms with Crippen molar-refractivity contribution in [2.75, 3.05) is 18.0 Å². The van der Waals surface area contributed by atoms with Crippen molar-refractivity contribution in [3.8, 4) is 17.4 Å². The number of fused-ring (bicyclic) bond motifs is 2. The summed E-state index contributed by atoms with van der Waals surface area (Å²) in [5.41, 5.74) is 2.16. The molecule has 0 saturated carbocycles. The first-order valence-corrected chi connectivity index (χ1v) is 9.72. The molecule has 0 bridgehead atoms. The van der Waals surface area contributed by atoms with Crippen LogP contribution in [0.2, 0.25) is 12.6 Å². The van der Waals surface area contributed by atoms with Crippen molar-refractivity contribution < 1.29 is 4.39 Å². The van der Waals surface area contributed by atoms with E-state index in [1.165, 1.54) is 10.5 Å². The number of hydrogen-bond acceptors (Lipinski definition) is 6. The largest absolute Gasteiger partial charge is 0.372 e. The van der Waals surface area contributed by atoms with Crippen LogP contribution >= 0.6 is 0 Å². The summed E-state index contributed by atoms with van der Waals surface area (Å²) in [7, 11) is 0. The van der Waals surface area contributed by atoms with E-state index in [0.717, 1.165) is 31.4 Å². The van der Waals surface area contributed by atoms with Crippen LogP contribution in [0.1, 0.15) is 5.69 Å². The topological polar surface area (TPSA) is 91.6 Å². The van der Waals surface area contributed by atoms with Gasteiger partial charge in [0.15, 0.2) is 17.3 Å². The SMILES string of the molecule is Cc1cn2cc(-c3nc(=O)n4cc(N5CCB(C#N)CC5)ccc4n3)cc(F)c2n1. The van der Waals surface area contributed by atoms with Crippen LogP contribution < -0.4 is 10.6 Å². The van der Waals surface area contributed by atoms with Gasteiger partial charge in [-0.1, -0.05) is 0 Å². The summed E-state index contributed by atoms with van der Waals surface area (Å²) in [6.45, 7) is 3.40. The highest BCUT2D eigenvalue weighted by molar-refractivity contribution is 6.67. The third kappa shape index (κ3) is 3.08. The maximum absolute atomic E-state index is 14.4. The minimum Gasteiger partial charge on any atom is -0.372 e. The Morgan fingerprint density at radius 3 is 2.70 bits per heavy atom. The Kier molecular flexibility index (Phi) is 4.24. The first-order valence-electron chi connectivity index (χ1n) is 9.72. The van der Waals surface area contributed by atoms with Crippen LogP contribution in [-0.2, 0) is 0 Å². The van der Waals surface area contributed by atoms with Gasteiger partial charge in [0.05, 0.1) is 11.4 Å². The fourth-order valence-electron chi connectivity index (χ4n) is 3.89. The van der Waals surface area contributed by atoms with Crippen molar-refractivity contribution in [3.63, 3.8) is 0 Å². The van der Waals surface area contributed by atoms with Crippen molar-refractivity contribution in [1.29, 1.82) is 5.26 Å². The van der Waals surface area contributed by atoms with E-state index in [9.17, 15) is 9.18 Å². The second kappa shape index (κ2) is 6.95. The second-order valence-electron chi connectivity index (χ2n) is 7.53. The molecule has 1 aliphatic rings. The van der Waals surface area contributed by atoms with Gasteiger partial charge in [-0.25, -0.2) is 28.8 Å². The molecule has 8 nitrogen and oxygen atoms in total. The molecular weight excluding hydrogens is 384 g/mol. The summed E-state index contributed by atoms with van der Waals surface area (Å²) >= 11 is 0. The third-order valence-electron chi connectivity index (χ3n) is 5.47. The van der Waals surface area contributed by atoms with Gasteiger partial charge in [0.2, 0.25) is 0 Å². The Labute approximate surface area is 171 Å². The zero-order valence-electron chi connectivity index (χ0n) is 16.3. The van der Waals surface area contributed by atoms with Crippen LogP contribution in [0.3, 0.4) is 0 Å². The molecule has 4 aromatic rings. The van der Waals surface area contributed by atoms with Gasteiger partial charge < -0.3 is 9.30 Å². The molecule has 5 heterocycles. The average Bonchev–Trinajstić information content (AvgIpc) is 3.14. The fraction of sp³-hybridized carbons (Fsp3) is 0.250. The molecule has 10 heteroatoms. The van der Waals surface area contributed by atoms with Gasteiger partial charge in [0.25, 0.3) is 6.71 Å². The summed E-state index contributed by atoms with van der Waals surface area (Å²) in [6, 6.07) is 4.95. The van der Waals surface area contributed by atoms with E-state index in [1.54, 1.807) is 36.0 Å². The van der Waals surface area contributed by atoms with Crippen molar-refractivity contribution in [1.82, 2.24) is 23.8 Å². The predicted octanol–water partition coefficient (Wildman–Crippen LogP) is 2.23. The number of aryl methyl sites for hydroxylation is 1. The number of nitriles is 1. The Morgan fingerprint density at radius 1 is 1.13 bits per heavy atom. The molecule has 30 heavy (non-hydrogen) atoms. The number of imidazole rings is 1. The summed E-state index contributed by atoms with van der Waals surface area (Å²) in [5, 5.41) is 9.06. The molecule has 0 unspecified atom stereocenters. The maximum Gasteiger partial charge on any atom is 0.355 e. The Balaban J connectivity index is 1.53. The van der Waals surface area contributed by atoms with Crippen LogP contribution in [0.4, 0.5) is 10.1 Å². The van der Waals surface area contributed by atoms with Crippen LogP contribution in [0.15, 0.2) is 41.6 Å². The van der Waals surface area contributed by atoms with Crippen molar-refractivity contribution >= 4 is 23.7 Å². The lowest BCUT2D eigenvalue weighted by atomic mass is 9.45. The smallest absolute Gasteiger partial charge is 0.355 e. The molecule has 1 fully saturated rings. The lowest BCUT2D eigenvalue weighted by molar-refractivity contribution is 0.630. The van der Waals surface area contributed by atoms with E-state index in [4.69, 9.17) is 5.26 Å². The van der Waals surface area contributed by atoms with Crippen molar-refractivity contribution in [3.05, 3.63) is 58.8 Å². The normalized spacial score (nSPS) is 14.4. The van der Waals surface area contributed by atoms with E-state index in [1.807, 2.05) is 6.07 Å². The zero-order valence-corrected chi connectivity index (χ0v) is 16.3. The van der Waals surface area contributed by atoms with E-state index >= 15 is 0 Å². The Morgan fingerprint density at radius 2 is 1.93 bits per heavy atom. The Hall–Kier alpha value is -3.74. The molecule has 0 N–H and O–H groups in total. The number of rotatable bonds is 2. The summed E-state index contributed by atoms with van der Waals surface area (Å²) in [5.74, 6) is 1.98. The third-order valence-corrected chi connectivity index (χ3v) is 5.47. The quantitative estimate of drug-likeness (QED) is 0.479. The first-order chi connectivity index (χ1) is 14.5. The molecule has 0 spiro atoms. The lowest BCUT2D eigenvalue weighted by Gasteiger charge is -2.29. The monoisotopic (exact) mass is 401 g/mol. The number of nitrogens with zero attached hydrogens (tertiary/aromatic N) is 7. The highest BCUT2D eigenvalue weighted by Gasteiger charge is 2.23. The standard InChI is InChI=1S/C20H17BFN7O/c1-13-9-28-10-14(8-16(22)19(28)24-13)18-25-17-3-2-15(11-29(17)20(30)26-18)27-6-4-21(12-23)5-7-27/h2-3,8-11H,4-7H2,1H3. The molecular formula is C20H17BFN7O. The van der Waals surface area contributed by atoms with E-state index in [0.29, 0.717) is 16.9 Å². The van der Waals surface area contributed by atoms with Gasteiger partial charge >= 0.3 is 5.69 Å². The highest BCUT2D eigenvalue weighted by Crippen LogP contribution is 2.22. The van der Waals surface area contributed by atoms with E-state index in [2.05, 4.69) is 25.8 Å². The van der Waals surface area contributed by atoms with E-state index < -0.39 is 11.5 Å². The number of aromatic nitrogens is 5. The number of hydrogen-bond donors (Lipinski definition) is 0. The molecule has 0 amide bonds. The molecule has 1 aliphatic heterocycles. The highest BCUT2D eigenvalue weighted by atomic mass is 19.1. The minimum absolute atomic E-state index is 0.0901. The van der Waals surface area contributed by atoms with Crippen molar-refractivity contribution in [2.24, 2.45) is 0 Å². The molecule has 0 radical (unpaired) electrons. The average molecular weight is 401 g/mol. The lowest BCUT2D eigenvalue weighted by Crippen LogP contribution is -2.36.